The molecule has 1 heterocycles. The molecule has 0 aliphatic carbocycles. The van der Waals surface area contributed by atoms with Gasteiger partial charge in [0.15, 0.2) is 0 Å². The molecule has 0 fully saturated rings. The lowest BCUT2D eigenvalue weighted by atomic mass is 10.2. The van der Waals surface area contributed by atoms with Crippen LogP contribution in [0.3, 0.4) is 0 Å². The van der Waals surface area contributed by atoms with Crippen molar-refractivity contribution in [3.05, 3.63) is 52.2 Å². The Hall–Kier alpha value is -1.21. The summed E-state index contributed by atoms with van der Waals surface area (Å²) in [4.78, 5) is 1.23. The molecule has 2 aromatic rings. The van der Waals surface area contributed by atoms with E-state index in [4.69, 9.17) is 5.73 Å². The van der Waals surface area contributed by atoms with Crippen molar-refractivity contribution >= 4 is 21.4 Å². The fourth-order valence-electron chi connectivity index (χ4n) is 1.74. The standard InChI is InChI=1S/C13H16N2O2S2/c1-10(13-6-3-7-18-13)15-19(16,17)12-5-2-4-11(8-12)9-14/h2-8,10,15H,9,14H2,1H3. The average Bonchev–Trinajstić information content (AvgIpc) is 2.92. The van der Waals surface area contributed by atoms with Gasteiger partial charge < -0.3 is 5.73 Å². The maximum Gasteiger partial charge on any atom is 0.241 e. The van der Waals surface area contributed by atoms with E-state index in [1.807, 2.05) is 30.5 Å². The van der Waals surface area contributed by atoms with Crippen molar-refractivity contribution in [3.63, 3.8) is 0 Å². The molecule has 1 unspecified atom stereocenters. The van der Waals surface area contributed by atoms with E-state index in [0.29, 0.717) is 6.54 Å². The maximum absolute atomic E-state index is 12.3. The van der Waals surface area contributed by atoms with Crippen LogP contribution in [0.4, 0.5) is 0 Å². The summed E-state index contributed by atoms with van der Waals surface area (Å²) in [5, 5.41) is 1.93. The Bertz CT molecular complexity index is 636. The van der Waals surface area contributed by atoms with Crippen LogP contribution in [0.5, 0.6) is 0 Å². The molecule has 2 rings (SSSR count). The van der Waals surface area contributed by atoms with E-state index < -0.39 is 10.0 Å². The number of hydrogen-bond donors (Lipinski definition) is 2. The van der Waals surface area contributed by atoms with E-state index in [-0.39, 0.29) is 10.9 Å². The van der Waals surface area contributed by atoms with E-state index in [1.54, 1.807) is 18.2 Å². The number of hydrogen-bond acceptors (Lipinski definition) is 4. The van der Waals surface area contributed by atoms with Gasteiger partial charge in [-0.1, -0.05) is 18.2 Å². The number of thiophene rings is 1. The van der Waals surface area contributed by atoms with Crippen molar-refractivity contribution in [1.29, 1.82) is 0 Å². The summed E-state index contributed by atoms with van der Waals surface area (Å²) in [6.45, 7) is 2.15. The van der Waals surface area contributed by atoms with Gasteiger partial charge >= 0.3 is 0 Å². The van der Waals surface area contributed by atoms with E-state index in [0.717, 1.165) is 10.4 Å². The first-order chi connectivity index (χ1) is 9.03. The molecule has 1 aromatic heterocycles. The van der Waals surface area contributed by atoms with Gasteiger partial charge in [0.1, 0.15) is 0 Å². The Labute approximate surface area is 117 Å². The second-order valence-corrected chi connectivity index (χ2v) is 6.90. The van der Waals surface area contributed by atoms with Crippen molar-refractivity contribution in [2.24, 2.45) is 5.73 Å². The molecule has 0 bridgehead atoms. The Kier molecular flexibility index (Phi) is 4.36. The fraction of sp³-hybridized carbons (Fsp3) is 0.231. The average molecular weight is 296 g/mol. The number of nitrogens with one attached hydrogen (secondary N) is 1. The van der Waals surface area contributed by atoms with Crippen LogP contribution in [0, 0.1) is 0 Å². The highest BCUT2D eigenvalue weighted by Gasteiger charge is 2.18. The van der Waals surface area contributed by atoms with Gasteiger partial charge in [0.2, 0.25) is 10.0 Å². The number of benzene rings is 1. The van der Waals surface area contributed by atoms with Crippen molar-refractivity contribution in [1.82, 2.24) is 4.72 Å². The third-order valence-electron chi connectivity index (χ3n) is 2.75. The topological polar surface area (TPSA) is 72.2 Å². The molecule has 3 N–H and O–H groups in total. The minimum Gasteiger partial charge on any atom is -0.326 e. The Morgan fingerprint density at radius 3 is 2.74 bits per heavy atom. The summed E-state index contributed by atoms with van der Waals surface area (Å²) in [5.74, 6) is 0. The molecule has 1 atom stereocenters. The van der Waals surface area contributed by atoms with E-state index in [1.165, 1.54) is 11.3 Å². The van der Waals surface area contributed by atoms with Gasteiger partial charge in [-0.3, -0.25) is 0 Å². The summed E-state index contributed by atoms with van der Waals surface area (Å²) in [6, 6.07) is 10.3. The third-order valence-corrected chi connectivity index (χ3v) is 5.34. The molecule has 0 amide bonds. The van der Waals surface area contributed by atoms with Crippen LogP contribution in [-0.4, -0.2) is 8.42 Å². The Balaban J connectivity index is 2.22. The number of sulfonamides is 1. The normalized spacial score (nSPS) is 13.4. The molecule has 1 aromatic carbocycles. The first-order valence-electron chi connectivity index (χ1n) is 5.87. The zero-order valence-corrected chi connectivity index (χ0v) is 12.2. The highest BCUT2D eigenvalue weighted by atomic mass is 32.2. The molecular weight excluding hydrogens is 280 g/mol. The van der Waals surface area contributed by atoms with Crippen molar-refractivity contribution in [2.45, 2.75) is 24.4 Å². The minimum atomic E-state index is -3.52. The molecule has 0 spiro atoms. The first-order valence-corrected chi connectivity index (χ1v) is 8.24. The lowest BCUT2D eigenvalue weighted by Crippen LogP contribution is -2.26. The molecule has 0 saturated carbocycles. The first kappa shape index (κ1) is 14.2. The molecule has 6 heteroatoms. The predicted molar refractivity (Wildman–Crippen MR) is 77.4 cm³/mol. The molecule has 4 nitrogen and oxygen atoms in total. The highest BCUT2D eigenvalue weighted by molar-refractivity contribution is 7.89. The van der Waals surface area contributed by atoms with Gasteiger partial charge in [-0.15, -0.1) is 11.3 Å². The van der Waals surface area contributed by atoms with Gasteiger partial charge in [0.25, 0.3) is 0 Å². The van der Waals surface area contributed by atoms with Crippen LogP contribution in [0.2, 0.25) is 0 Å². The summed E-state index contributed by atoms with van der Waals surface area (Å²) in [6.07, 6.45) is 0. The van der Waals surface area contributed by atoms with E-state index >= 15 is 0 Å². The van der Waals surface area contributed by atoms with Crippen molar-refractivity contribution in [2.75, 3.05) is 0 Å². The van der Waals surface area contributed by atoms with Gasteiger partial charge in [-0.2, -0.15) is 0 Å². The van der Waals surface area contributed by atoms with Crippen LogP contribution in [0.1, 0.15) is 23.4 Å². The zero-order valence-electron chi connectivity index (χ0n) is 10.5. The molecule has 0 saturated heterocycles. The lowest BCUT2D eigenvalue weighted by molar-refractivity contribution is 0.568. The molecule has 0 radical (unpaired) electrons. The second-order valence-electron chi connectivity index (χ2n) is 4.21. The summed E-state index contributed by atoms with van der Waals surface area (Å²) >= 11 is 1.53. The highest BCUT2D eigenvalue weighted by Crippen LogP contribution is 2.21. The van der Waals surface area contributed by atoms with Gasteiger partial charge in [0.05, 0.1) is 10.9 Å². The van der Waals surface area contributed by atoms with E-state index in [2.05, 4.69) is 4.72 Å². The van der Waals surface area contributed by atoms with Crippen molar-refractivity contribution < 1.29 is 8.42 Å². The SMILES string of the molecule is CC(NS(=O)(=O)c1cccc(CN)c1)c1cccs1. The quantitative estimate of drug-likeness (QED) is 0.889. The Morgan fingerprint density at radius 1 is 1.32 bits per heavy atom. The van der Waals surface area contributed by atoms with Gasteiger partial charge in [0, 0.05) is 11.4 Å². The smallest absolute Gasteiger partial charge is 0.241 e. The lowest BCUT2D eigenvalue weighted by Gasteiger charge is -2.13. The van der Waals surface area contributed by atoms with Crippen LogP contribution >= 0.6 is 11.3 Å². The zero-order chi connectivity index (χ0) is 13.9. The van der Waals surface area contributed by atoms with Crippen molar-refractivity contribution in [3.8, 4) is 0 Å². The fourth-order valence-corrected chi connectivity index (χ4v) is 3.84. The molecule has 0 aliphatic rings. The monoisotopic (exact) mass is 296 g/mol. The summed E-state index contributed by atoms with van der Waals surface area (Å²) < 4.78 is 27.2. The van der Waals surface area contributed by atoms with Crippen LogP contribution < -0.4 is 10.5 Å². The third kappa shape index (κ3) is 3.42. The summed E-state index contributed by atoms with van der Waals surface area (Å²) in [5.41, 5.74) is 6.32. The predicted octanol–water partition coefficient (Wildman–Crippen LogP) is 2.25. The molecule has 102 valence electrons. The molecular formula is C13H16N2O2S2. The number of nitrogens with two attached hydrogens (primary N) is 1. The van der Waals surface area contributed by atoms with Crippen LogP contribution in [0.15, 0.2) is 46.7 Å². The summed E-state index contributed by atoms with van der Waals surface area (Å²) in [7, 11) is -3.52. The van der Waals surface area contributed by atoms with Crippen LogP contribution in [0.25, 0.3) is 0 Å². The second kappa shape index (κ2) is 5.83. The Morgan fingerprint density at radius 2 is 2.11 bits per heavy atom. The largest absolute Gasteiger partial charge is 0.326 e. The van der Waals surface area contributed by atoms with Crippen LogP contribution in [-0.2, 0) is 16.6 Å². The maximum atomic E-state index is 12.3. The molecule has 0 aliphatic heterocycles. The minimum absolute atomic E-state index is 0.244. The van der Waals surface area contributed by atoms with Gasteiger partial charge in [-0.25, -0.2) is 13.1 Å². The van der Waals surface area contributed by atoms with E-state index in [9.17, 15) is 8.42 Å². The molecule has 19 heavy (non-hydrogen) atoms. The van der Waals surface area contributed by atoms with Gasteiger partial charge in [-0.05, 0) is 36.1 Å². The number of rotatable bonds is 5.